The Labute approximate surface area is 148 Å². The number of nitrogens with one attached hydrogen (secondary N) is 2. The maximum atomic E-state index is 12.3. The molecule has 0 aliphatic heterocycles. The molecule has 0 atom stereocenters. The first kappa shape index (κ1) is 17.2. The fourth-order valence-electron chi connectivity index (χ4n) is 3.27. The minimum Gasteiger partial charge on any atom is -0.326 e. The van der Waals surface area contributed by atoms with E-state index in [0.717, 1.165) is 36.9 Å². The first-order valence-corrected chi connectivity index (χ1v) is 8.95. The van der Waals surface area contributed by atoms with Crippen molar-refractivity contribution in [2.75, 3.05) is 10.6 Å². The van der Waals surface area contributed by atoms with Crippen LogP contribution in [0.4, 0.5) is 11.4 Å². The molecule has 0 unspecified atom stereocenters. The molecule has 0 bridgehead atoms. The van der Waals surface area contributed by atoms with E-state index in [4.69, 9.17) is 0 Å². The van der Waals surface area contributed by atoms with Crippen LogP contribution in [0.1, 0.15) is 37.7 Å². The van der Waals surface area contributed by atoms with Gasteiger partial charge in [0.15, 0.2) is 0 Å². The minimum absolute atomic E-state index is 0.0676. The second kappa shape index (κ2) is 8.47. The van der Waals surface area contributed by atoms with Crippen LogP contribution >= 0.6 is 0 Å². The molecule has 130 valence electrons. The Hall–Kier alpha value is -2.62. The first-order chi connectivity index (χ1) is 12.2. The molecule has 2 N–H and O–H groups in total. The summed E-state index contributed by atoms with van der Waals surface area (Å²) in [6, 6.07) is 17.0. The lowest BCUT2D eigenvalue weighted by Crippen LogP contribution is -2.24. The zero-order valence-electron chi connectivity index (χ0n) is 14.3. The predicted molar refractivity (Wildman–Crippen MR) is 100 cm³/mol. The van der Waals surface area contributed by atoms with Crippen molar-refractivity contribution in [2.24, 2.45) is 5.92 Å². The molecule has 0 aromatic heterocycles. The van der Waals surface area contributed by atoms with E-state index in [9.17, 15) is 9.59 Å². The highest BCUT2D eigenvalue weighted by atomic mass is 16.2. The number of carbonyl (C=O) groups excluding carboxylic acids is 2. The van der Waals surface area contributed by atoms with Crippen molar-refractivity contribution in [3.05, 3.63) is 60.2 Å². The van der Waals surface area contributed by atoms with Gasteiger partial charge in [-0.3, -0.25) is 9.59 Å². The lowest BCUT2D eigenvalue weighted by atomic mass is 9.88. The van der Waals surface area contributed by atoms with Crippen LogP contribution in [0.5, 0.6) is 0 Å². The van der Waals surface area contributed by atoms with Crippen LogP contribution in [0.15, 0.2) is 54.6 Å². The summed E-state index contributed by atoms with van der Waals surface area (Å²) in [4.78, 5) is 24.5. The lowest BCUT2D eigenvalue weighted by molar-refractivity contribution is -0.120. The zero-order chi connectivity index (χ0) is 17.5. The Bertz CT molecular complexity index is 722. The fourth-order valence-corrected chi connectivity index (χ4v) is 3.27. The Balaban J connectivity index is 1.57. The van der Waals surface area contributed by atoms with Crippen molar-refractivity contribution < 1.29 is 9.59 Å². The Morgan fingerprint density at radius 2 is 1.52 bits per heavy atom. The molecule has 1 aliphatic carbocycles. The molecule has 2 amide bonds. The average molecular weight is 336 g/mol. The molecule has 1 aliphatic rings. The van der Waals surface area contributed by atoms with Crippen molar-refractivity contribution in [2.45, 2.75) is 38.5 Å². The van der Waals surface area contributed by atoms with Gasteiger partial charge in [-0.2, -0.15) is 0 Å². The van der Waals surface area contributed by atoms with Crippen LogP contribution in [0.3, 0.4) is 0 Å². The van der Waals surface area contributed by atoms with E-state index in [-0.39, 0.29) is 17.7 Å². The van der Waals surface area contributed by atoms with Gasteiger partial charge in [0.25, 0.3) is 0 Å². The van der Waals surface area contributed by atoms with Crippen LogP contribution in [0, 0.1) is 5.92 Å². The fraction of sp³-hybridized carbons (Fsp3) is 0.333. The number of anilines is 2. The summed E-state index contributed by atoms with van der Waals surface area (Å²) in [5, 5.41) is 5.88. The van der Waals surface area contributed by atoms with Gasteiger partial charge in [0.05, 0.1) is 6.42 Å². The SMILES string of the molecule is O=C(Cc1ccccc1)Nc1cccc(NC(=O)C2CCCCC2)c1. The summed E-state index contributed by atoms with van der Waals surface area (Å²) in [5.74, 6) is 0.138. The van der Waals surface area contributed by atoms with Crippen molar-refractivity contribution in [3.8, 4) is 0 Å². The van der Waals surface area contributed by atoms with E-state index < -0.39 is 0 Å². The summed E-state index contributed by atoms with van der Waals surface area (Å²) >= 11 is 0. The smallest absolute Gasteiger partial charge is 0.228 e. The van der Waals surface area contributed by atoms with Crippen molar-refractivity contribution >= 4 is 23.2 Å². The Morgan fingerprint density at radius 3 is 2.24 bits per heavy atom. The van der Waals surface area contributed by atoms with E-state index in [2.05, 4.69) is 10.6 Å². The van der Waals surface area contributed by atoms with Crippen molar-refractivity contribution in [1.82, 2.24) is 0 Å². The van der Waals surface area contributed by atoms with E-state index in [0.29, 0.717) is 12.1 Å². The largest absolute Gasteiger partial charge is 0.326 e. The van der Waals surface area contributed by atoms with Gasteiger partial charge in [-0.15, -0.1) is 0 Å². The molecule has 4 heteroatoms. The van der Waals surface area contributed by atoms with Crippen molar-refractivity contribution in [1.29, 1.82) is 0 Å². The Morgan fingerprint density at radius 1 is 0.840 bits per heavy atom. The molecule has 1 saturated carbocycles. The number of hydrogen-bond acceptors (Lipinski definition) is 2. The molecule has 0 saturated heterocycles. The molecular weight excluding hydrogens is 312 g/mol. The van der Waals surface area contributed by atoms with Crippen LogP contribution < -0.4 is 10.6 Å². The van der Waals surface area contributed by atoms with Gasteiger partial charge in [0.1, 0.15) is 0 Å². The average Bonchev–Trinajstić information content (AvgIpc) is 2.63. The standard InChI is InChI=1S/C21H24N2O2/c24-20(14-16-8-3-1-4-9-16)22-18-12-7-13-19(15-18)23-21(25)17-10-5-2-6-11-17/h1,3-4,7-9,12-13,15,17H,2,5-6,10-11,14H2,(H,22,24)(H,23,25). The van der Waals surface area contributed by atoms with E-state index >= 15 is 0 Å². The van der Waals surface area contributed by atoms with Gasteiger partial charge in [-0.25, -0.2) is 0 Å². The number of rotatable bonds is 5. The van der Waals surface area contributed by atoms with Gasteiger partial charge in [0.2, 0.25) is 11.8 Å². The van der Waals surface area contributed by atoms with Crippen LogP contribution in [0.25, 0.3) is 0 Å². The highest BCUT2D eigenvalue weighted by Gasteiger charge is 2.21. The molecule has 25 heavy (non-hydrogen) atoms. The molecule has 0 radical (unpaired) electrons. The molecule has 0 spiro atoms. The van der Waals surface area contributed by atoms with Gasteiger partial charge in [0, 0.05) is 17.3 Å². The third-order valence-electron chi connectivity index (χ3n) is 4.60. The Kier molecular flexibility index (Phi) is 5.83. The van der Waals surface area contributed by atoms with Gasteiger partial charge in [-0.05, 0) is 36.6 Å². The number of benzene rings is 2. The summed E-state index contributed by atoms with van der Waals surface area (Å²) in [6.07, 6.45) is 5.77. The molecule has 4 nitrogen and oxygen atoms in total. The monoisotopic (exact) mass is 336 g/mol. The second-order valence-corrected chi connectivity index (χ2v) is 6.62. The van der Waals surface area contributed by atoms with Crippen LogP contribution in [-0.4, -0.2) is 11.8 Å². The summed E-state index contributed by atoms with van der Waals surface area (Å²) in [6.45, 7) is 0. The van der Waals surface area contributed by atoms with Gasteiger partial charge < -0.3 is 10.6 Å². The van der Waals surface area contributed by atoms with Crippen LogP contribution in [-0.2, 0) is 16.0 Å². The number of hydrogen-bond donors (Lipinski definition) is 2. The third kappa shape index (κ3) is 5.18. The second-order valence-electron chi connectivity index (χ2n) is 6.62. The predicted octanol–water partition coefficient (Wildman–Crippen LogP) is 4.39. The minimum atomic E-state index is -0.0676. The molecule has 3 rings (SSSR count). The summed E-state index contributed by atoms with van der Waals surface area (Å²) < 4.78 is 0. The van der Waals surface area contributed by atoms with Crippen LogP contribution in [0.2, 0.25) is 0 Å². The van der Waals surface area contributed by atoms with E-state index in [1.165, 1.54) is 6.42 Å². The molecule has 2 aromatic rings. The van der Waals surface area contributed by atoms with E-state index in [1.807, 2.05) is 54.6 Å². The van der Waals surface area contributed by atoms with Gasteiger partial charge in [-0.1, -0.05) is 55.7 Å². The van der Waals surface area contributed by atoms with E-state index in [1.54, 1.807) is 0 Å². The van der Waals surface area contributed by atoms with Gasteiger partial charge >= 0.3 is 0 Å². The molecular formula is C21H24N2O2. The topological polar surface area (TPSA) is 58.2 Å². The maximum absolute atomic E-state index is 12.3. The molecule has 1 fully saturated rings. The normalized spacial score (nSPS) is 14.7. The molecule has 2 aromatic carbocycles. The third-order valence-corrected chi connectivity index (χ3v) is 4.60. The number of amides is 2. The molecule has 0 heterocycles. The van der Waals surface area contributed by atoms with Crippen molar-refractivity contribution in [3.63, 3.8) is 0 Å². The lowest BCUT2D eigenvalue weighted by Gasteiger charge is -2.20. The quantitative estimate of drug-likeness (QED) is 0.851. The number of carbonyl (C=O) groups is 2. The summed E-state index contributed by atoms with van der Waals surface area (Å²) in [7, 11) is 0. The highest BCUT2D eigenvalue weighted by molar-refractivity contribution is 5.95. The maximum Gasteiger partial charge on any atom is 0.228 e. The summed E-state index contributed by atoms with van der Waals surface area (Å²) in [5.41, 5.74) is 2.40. The highest BCUT2D eigenvalue weighted by Crippen LogP contribution is 2.25. The first-order valence-electron chi connectivity index (χ1n) is 8.95. The zero-order valence-corrected chi connectivity index (χ0v) is 14.3.